The summed E-state index contributed by atoms with van der Waals surface area (Å²) in [6.45, 7) is 5.81. The normalized spacial score (nSPS) is 17.2. The highest BCUT2D eigenvalue weighted by Crippen LogP contribution is 2.41. The second-order valence-corrected chi connectivity index (χ2v) is 8.58. The number of ketones is 1. The van der Waals surface area contributed by atoms with Gasteiger partial charge in [-0.25, -0.2) is 0 Å². The fourth-order valence-corrected chi connectivity index (χ4v) is 4.19. The Morgan fingerprint density at radius 1 is 1.00 bits per heavy atom. The van der Waals surface area contributed by atoms with E-state index in [9.17, 15) is 14.7 Å². The number of methoxy groups -OCH3 is 1. The number of rotatable bonds is 11. The molecule has 0 bridgehead atoms. The third-order valence-corrected chi connectivity index (χ3v) is 5.84. The van der Waals surface area contributed by atoms with E-state index in [0.29, 0.717) is 54.6 Å². The third kappa shape index (κ3) is 5.77. The first-order valence-electron chi connectivity index (χ1n) is 11.9. The van der Waals surface area contributed by atoms with Gasteiger partial charge < -0.3 is 29.1 Å². The van der Waals surface area contributed by atoms with Gasteiger partial charge in [0.05, 0.1) is 47.0 Å². The van der Waals surface area contributed by atoms with Crippen molar-refractivity contribution in [2.75, 3.05) is 47.5 Å². The zero-order valence-electron chi connectivity index (χ0n) is 21.1. The van der Waals surface area contributed by atoms with Crippen molar-refractivity contribution in [3.8, 4) is 17.2 Å². The number of amides is 1. The number of carbonyl (C=O) groups excluding carboxylic acids is 2. The van der Waals surface area contributed by atoms with Gasteiger partial charge in [0.25, 0.3) is 5.91 Å². The standard InChI is InChI=1S/C27H34N2O6/c1-6-34-21-14-11-19(17-22(21)35-7-2)24-23(25(30)18-9-12-20(33-5)13-10-18)26(31)27(32)29(24)16-8-15-28(3)4/h9-14,17,24,30H,6-8,15-16H2,1-5H3/b25-23+. The van der Waals surface area contributed by atoms with Crippen LogP contribution in [0.3, 0.4) is 0 Å². The van der Waals surface area contributed by atoms with Crippen LogP contribution in [0.15, 0.2) is 48.0 Å². The van der Waals surface area contributed by atoms with Crippen molar-refractivity contribution in [2.24, 2.45) is 0 Å². The van der Waals surface area contributed by atoms with Crippen LogP contribution in [0, 0.1) is 0 Å². The molecule has 1 heterocycles. The Kier molecular flexibility index (Phi) is 8.76. The van der Waals surface area contributed by atoms with Crippen LogP contribution in [-0.2, 0) is 9.59 Å². The molecule has 1 atom stereocenters. The van der Waals surface area contributed by atoms with Crippen molar-refractivity contribution in [3.63, 3.8) is 0 Å². The molecule has 1 amide bonds. The Morgan fingerprint density at radius 2 is 1.66 bits per heavy atom. The van der Waals surface area contributed by atoms with Crippen LogP contribution in [0.2, 0.25) is 0 Å². The van der Waals surface area contributed by atoms with E-state index in [4.69, 9.17) is 14.2 Å². The summed E-state index contributed by atoms with van der Waals surface area (Å²) in [4.78, 5) is 29.0. The molecular formula is C27H34N2O6. The van der Waals surface area contributed by atoms with Gasteiger partial charge in [0.15, 0.2) is 11.5 Å². The summed E-state index contributed by atoms with van der Waals surface area (Å²) >= 11 is 0. The van der Waals surface area contributed by atoms with Crippen molar-refractivity contribution >= 4 is 17.4 Å². The predicted molar refractivity (Wildman–Crippen MR) is 130 cm³/mol. The summed E-state index contributed by atoms with van der Waals surface area (Å²) in [5.74, 6) is -0.222. The van der Waals surface area contributed by atoms with E-state index < -0.39 is 23.5 Å². The molecule has 8 heteroatoms. The lowest BCUT2D eigenvalue weighted by molar-refractivity contribution is -0.858. The summed E-state index contributed by atoms with van der Waals surface area (Å²) in [7, 11) is 5.59. The average Bonchev–Trinajstić information content (AvgIpc) is 3.10. The van der Waals surface area contributed by atoms with Gasteiger partial charge in [-0.1, -0.05) is 24.0 Å². The van der Waals surface area contributed by atoms with E-state index in [0.717, 1.165) is 6.54 Å². The largest absolute Gasteiger partial charge is 0.872 e. The third-order valence-electron chi connectivity index (χ3n) is 5.84. The smallest absolute Gasteiger partial charge is 0.295 e. The molecular weight excluding hydrogens is 448 g/mol. The van der Waals surface area contributed by atoms with Crippen LogP contribution < -0.4 is 24.2 Å². The topological polar surface area (TPSA) is 92.6 Å². The fraction of sp³-hybridized carbons (Fsp3) is 0.407. The molecule has 2 aromatic rings. The quantitative estimate of drug-likeness (QED) is 0.295. The summed E-state index contributed by atoms with van der Waals surface area (Å²) in [6, 6.07) is 11.0. The zero-order chi connectivity index (χ0) is 25.5. The number of Topliss-reactive ketones (excluding diaryl/α,β-unsaturated/α-hetero) is 1. The number of benzene rings is 2. The highest BCUT2D eigenvalue weighted by Gasteiger charge is 2.44. The highest BCUT2D eigenvalue weighted by atomic mass is 16.5. The van der Waals surface area contributed by atoms with Gasteiger partial charge in [-0.3, -0.25) is 9.59 Å². The second-order valence-electron chi connectivity index (χ2n) is 8.58. The average molecular weight is 483 g/mol. The number of quaternary nitrogens is 1. The number of hydrogen-bond donors (Lipinski definition) is 1. The lowest BCUT2D eigenvalue weighted by atomic mass is 9.95. The molecule has 8 nitrogen and oxygen atoms in total. The molecule has 0 radical (unpaired) electrons. The Balaban J connectivity index is 2.13. The van der Waals surface area contributed by atoms with E-state index in [-0.39, 0.29) is 5.57 Å². The Labute approximate surface area is 206 Å². The van der Waals surface area contributed by atoms with Crippen LogP contribution in [0.4, 0.5) is 0 Å². The lowest BCUT2D eigenvalue weighted by Crippen LogP contribution is -3.05. The molecule has 0 aromatic heterocycles. The van der Waals surface area contributed by atoms with Crippen LogP contribution >= 0.6 is 0 Å². The van der Waals surface area contributed by atoms with E-state index in [2.05, 4.69) is 0 Å². The van der Waals surface area contributed by atoms with Gasteiger partial charge in [-0.2, -0.15) is 0 Å². The minimum Gasteiger partial charge on any atom is -0.872 e. The van der Waals surface area contributed by atoms with Gasteiger partial charge in [0.1, 0.15) is 5.75 Å². The van der Waals surface area contributed by atoms with E-state index in [1.165, 1.54) is 16.9 Å². The number of hydrogen-bond acceptors (Lipinski definition) is 6. The van der Waals surface area contributed by atoms with Gasteiger partial charge in [0.2, 0.25) is 5.78 Å². The van der Waals surface area contributed by atoms with Crippen LogP contribution in [0.5, 0.6) is 17.2 Å². The van der Waals surface area contributed by atoms with Gasteiger partial charge in [-0.15, -0.1) is 0 Å². The number of nitrogens with one attached hydrogen (secondary N) is 1. The maximum Gasteiger partial charge on any atom is 0.295 e. The summed E-state index contributed by atoms with van der Waals surface area (Å²) in [5.41, 5.74) is 0.900. The first kappa shape index (κ1) is 26.1. The molecule has 1 fully saturated rings. The first-order chi connectivity index (χ1) is 16.8. The molecule has 3 rings (SSSR count). The number of ether oxygens (including phenoxy) is 3. The lowest BCUT2D eigenvalue weighted by Gasteiger charge is -2.28. The maximum absolute atomic E-state index is 13.6. The molecule has 1 saturated heterocycles. The van der Waals surface area contributed by atoms with Crippen molar-refractivity contribution in [2.45, 2.75) is 26.3 Å². The van der Waals surface area contributed by atoms with Crippen molar-refractivity contribution in [3.05, 3.63) is 59.2 Å². The van der Waals surface area contributed by atoms with Crippen molar-refractivity contribution in [1.82, 2.24) is 4.90 Å². The maximum atomic E-state index is 13.6. The van der Waals surface area contributed by atoms with E-state index in [1.54, 1.807) is 42.5 Å². The van der Waals surface area contributed by atoms with Crippen molar-refractivity contribution < 1.29 is 33.8 Å². The second kappa shape index (κ2) is 11.8. The van der Waals surface area contributed by atoms with E-state index in [1.807, 2.05) is 27.9 Å². The summed E-state index contributed by atoms with van der Waals surface area (Å²) in [5, 5.41) is 13.6. The predicted octanol–water partition coefficient (Wildman–Crippen LogP) is 1.25. The fourth-order valence-electron chi connectivity index (χ4n) is 4.19. The molecule has 0 saturated carbocycles. The molecule has 1 N–H and O–H groups in total. The molecule has 0 aliphatic carbocycles. The molecule has 0 spiro atoms. The van der Waals surface area contributed by atoms with Crippen LogP contribution in [0.25, 0.3) is 5.76 Å². The zero-order valence-corrected chi connectivity index (χ0v) is 21.1. The SMILES string of the molecule is CCOc1ccc(C2/C(=C(\[O-])c3ccc(OC)cc3)C(=O)C(=O)N2CCC[NH+](C)C)cc1OCC. The van der Waals surface area contributed by atoms with Crippen molar-refractivity contribution in [1.29, 1.82) is 0 Å². The Morgan fingerprint density at radius 3 is 2.26 bits per heavy atom. The molecule has 2 aromatic carbocycles. The van der Waals surface area contributed by atoms with Gasteiger partial charge >= 0.3 is 0 Å². The number of nitrogens with zero attached hydrogens (tertiary/aromatic N) is 1. The minimum absolute atomic E-state index is 0.0519. The molecule has 35 heavy (non-hydrogen) atoms. The minimum atomic E-state index is -0.809. The molecule has 1 aliphatic rings. The Hall–Kier alpha value is -3.52. The number of likely N-dealkylation sites (tertiary alicyclic amines) is 1. The van der Waals surface area contributed by atoms with Gasteiger partial charge in [0, 0.05) is 18.5 Å². The van der Waals surface area contributed by atoms with E-state index >= 15 is 0 Å². The molecule has 1 aliphatic heterocycles. The summed E-state index contributed by atoms with van der Waals surface area (Å²) < 4.78 is 16.6. The molecule has 1 unspecified atom stereocenters. The van der Waals surface area contributed by atoms with Crippen LogP contribution in [-0.4, -0.2) is 64.1 Å². The first-order valence-corrected chi connectivity index (χ1v) is 11.9. The summed E-state index contributed by atoms with van der Waals surface area (Å²) in [6.07, 6.45) is 0.692. The number of carbonyl (C=O) groups is 2. The van der Waals surface area contributed by atoms with Gasteiger partial charge in [-0.05, 0) is 49.2 Å². The highest BCUT2D eigenvalue weighted by molar-refractivity contribution is 6.46. The molecule has 188 valence electrons. The monoisotopic (exact) mass is 482 g/mol. The Bertz CT molecular complexity index is 1080. The van der Waals surface area contributed by atoms with Crippen LogP contribution in [0.1, 0.15) is 37.4 Å².